The van der Waals surface area contributed by atoms with Gasteiger partial charge in [0.1, 0.15) is 0 Å². The first-order chi connectivity index (χ1) is 28.5. The van der Waals surface area contributed by atoms with E-state index in [4.69, 9.17) is 15.0 Å². The fourth-order valence-electron chi connectivity index (χ4n) is 9.37. The quantitative estimate of drug-likeness (QED) is 0.168. The van der Waals surface area contributed by atoms with Crippen LogP contribution in [0.2, 0.25) is 0 Å². The molecule has 272 valence electrons. The molecule has 0 saturated carbocycles. The van der Waals surface area contributed by atoms with Crippen LogP contribution in [0.3, 0.4) is 0 Å². The third kappa shape index (κ3) is 5.02. The molecule has 0 spiro atoms. The number of hydrogen-bond donors (Lipinski definition) is 0. The van der Waals surface area contributed by atoms with Gasteiger partial charge in [-0.05, 0) is 102 Å². The van der Waals surface area contributed by atoms with Crippen LogP contribution in [0.25, 0.3) is 109 Å². The van der Waals surface area contributed by atoms with Crippen LogP contribution in [-0.2, 0) is 5.41 Å². The number of benzene rings is 9. The molecule has 0 bridgehead atoms. The van der Waals surface area contributed by atoms with E-state index in [0.717, 1.165) is 16.7 Å². The third-order valence-electron chi connectivity index (χ3n) is 12.3. The van der Waals surface area contributed by atoms with Gasteiger partial charge in [0.15, 0.2) is 17.5 Å². The molecule has 58 heavy (non-hydrogen) atoms. The number of rotatable bonds is 4. The molecule has 0 fully saturated rings. The van der Waals surface area contributed by atoms with Gasteiger partial charge in [0, 0.05) is 42.3 Å². The van der Waals surface area contributed by atoms with Crippen LogP contribution in [0.15, 0.2) is 176 Å². The summed E-state index contributed by atoms with van der Waals surface area (Å²) in [6, 6.07) is 63.8. The van der Waals surface area contributed by atoms with Crippen molar-refractivity contribution in [3.05, 3.63) is 187 Å². The molecule has 0 saturated heterocycles. The highest BCUT2D eigenvalue weighted by molar-refractivity contribution is 7.25. The highest BCUT2D eigenvalue weighted by atomic mass is 32.1. The minimum atomic E-state index is -0.132. The second-order valence-electron chi connectivity index (χ2n) is 16.0. The van der Waals surface area contributed by atoms with E-state index < -0.39 is 0 Å². The zero-order valence-electron chi connectivity index (χ0n) is 32.0. The molecule has 2 aromatic heterocycles. The lowest BCUT2D eigenvalue weighted by atomic mass is 9.82. The van der Waals surface area contributed by atoms with Gasteiger partial charge >= 0.3 is 0 Å². The summed E-state index contributed by atoms with van der Waals surface area (Å²) in [4.78, 5) is 15.5. The van der Waals surface area contributed by atoms with Crippen molar-refractivity contribution in [2.24, 2.45) is 0 Å². The molecular weight excluding hydrogens is 723 g/mol. The topological polar surface area (TPSA) is 38.7 Å². The molecule has 0 radical (unpaired) electrons. The summed E-state index contributed by atoms with van der Waals surface area (Å²) in [5.41, 5.74) is 10.4. The van der Waals surface area contributed by atoms with Gasteiger partial charge in [0.2, 0.25) is 0 Å². The van der Waals surface area contributed by atoms with E-state index >= 15 is 0 Å². The fraction of sp³-hybridized carbons (Fsp3) is 0.0556. The molecule has 1 aliphatic rings. The predicted octanol–water partition coefficient (Wildman–Crippen LogP) is 14.7. The zero-order valence-corrected chi connectivity index (χ0v) is 32.8. The van der Waals surface area contributed by atoms with Gasteiger partial charge in [0.25, 0.3) is 0 Å². The third-order valence-corrected chi connectivity index (χ3v) is 13.5. The lowest BCUT2D eigenvalue weighted by Gasteiger charge is -2.21. The summed E-state index contributed by atoms with van der Waals surface area (Å²) in [6.07, 6.45) is 0. The van der Waals surface area contributed by atoms with Crippen LogP contribution in [0.4, 0.5) is 0 Å². The number of hydrogen-bond acceptors (Lipinski definition) is 4. The van der Waals surface area contributed by atoms with E-state index in [1.807, 2.05) is 29.5 Å². The molecule has 11 aromatic rings. The Morgan fingerprint density at radius 3 is 1.59 bits per heavy atom. The molecule has 0 atom stereocenters. The van der Waals surface area contributed by atoms with E-state index in [1.54, 1.807) is 0 Å². The fourth-order valence-corrected chi connectivity index (χ4v) is 10.5. The maximum absolute atomic E-state index is 5.25. The Balaban J connectivity index is 1.04. The first-order valence-electron chi connectivity index (χ1n) is 19.8. The Kier molecular flexibility index (Phi) is 7.14. The normalized spacial score (nSPS) is 13.1. The summed E-state index contributed by atoms with van der Waals surface area (Å²) in [6.45, 7) is 4.62. The lowest BCUT2D eigenvalue weighted by Crippen LogP contribution is -2.15. The first-order valence-corrected chi connectivity index (χ1v) is 20.7. The second-order valence-corrected chi connectivity index (χ2v) is 17.1. The summed E-state index contributed by atoms with van der Waals surface area (Å²) < 4.78 is 2.64. The highest BCUT2D eigenvalue weighted by Crippen LogP contribution is 2.49. The van der Waals surface area contributed by atoms with Crippen LogP contribution in [0, 0.1) is 0 Å². The molecular formula is C54H35N3S. The molecule has 1 aliphatic carbocycles. The molecule has 12 rings (SSSR count). The number of fused-ring (bicyclic) bond motifs is 12. The number of thiophene rings is 1. The minimum absolute atomic E-state index is 0.132. The van der Waals surface area contributed by atoms with Crippen LogP contribution < -0.4 is 0 Å². The Bertz CT molecular complexity index is 3490. The van der Waals surface area contributed by atoms with E-state index in [9.17, 15) is 0 Å². The van der Waals surface area contributed by atoms with Crippen molar-refractivity contribution in [2.75, 3.05) is 0 Å². The molecule has 3 nitrogen and oxygen atoms in total. The van der Waals surface area contributed by atoms with Gasteiger partial charge in [-0.3, -0.25) is 0 Å². The second kappa shape index (κ2) is 12.5. The monoisotopic (exact) mass is 757 g/mol. The minimum Gasteiger partial charge on any atom is -0.208 e. The number of aromatic nitrogens is 3. The number of nitrogens with zero attached hydrogens (tertiary/aromatic N) is 3. The molecule has 0 aliphatic heterocycles. The van der Waals surface area contributed by atoms with Gasteiger partial charge in [-0.1, -0.05) is 153 Å². The molecule has 4 heteroatoms. The van der Waals surface area contributed by atoms with Crippen LogP contribution in [0.5, 0.6) is 0 Å². The molecule has 9 aromatic carbocycles. The maximum Gasteiger partial charge on any atom is 0.164 e. The summed E-state index contributed by atoms with van der Waals surface area (Å²) in [7, 11) is 0. The zero-order chi connectivity index (χ0) is 38.5. The lowest BCUT2D eigenvalue weighted by molar-refractivity contribution is 0.660. The van der Waals surface area contributed by atoms with Gasteiger partial charge in [-0.15, -0.1) is 11.3 Å². The van der Waals surface area contributed by atoms with Crippen molar-refractivity contribution in [3.63, 3.8) is 0 Å². The van der Waals surface area contributed by atoms with Gasteiger partial charge in [-0.2, -0.15) is 0 Å². The van der Waals surface area contributed by atoms with Crippen molar-refractivity contribution < 1.29 is 0 Å². The van der Waals surface area contributed by atoms with Crippen LogP contribution in [-0.4, -0.2) is 15.0 Å². The Hall–Kier alpha value is -7.01. The van der Waals surface area contributed by atoms with E-state index in [2.05, 4.69) is 172 Å². The van der Waals surface area contributed by atoms with Crippen LogP contribution in [0.1, 0.15) is 25.0 Å². The smallest absolute Gasteiger partial charge is 0.164 e. The van der Waals surface area contributed by atoms with Crippen molar-refractivity contribution in [1.82, 2.24) is 15.0 Å². The van der Waals surface area contributed by atoms with Crippen molar-refractivity contribution >= 4 is 63.8 Å². The molecule has 0 unspecified atom stereocenters. The van der Waals surface area contributed by atoms with Crippen molar-refractivity contribution in [1.29, 1.82) is 0 Å². The Labute approximate surface area is 340 Å². The summed E-state index contributed by atoms with van der Waals surface area (Å²) in [5.74, 6) is 1.98. The van der Waals surface area contributed by atoms with Crippen molar-refractivity contribution in [3.8, 4) is 56.4 Å². The first kappa shape index (κ1) is 33.2. The molecule has 2 heterocycles. The van der Waals surface area contributed by atoms with E-state index in [1.165, 1.54) is 85.9 Å². The Morgan fingerprint density at radius 1 is 0.328 bits per heavy atom. The van der Waals surface area contributed by atoms with E-state index in [0.29, 0.717) is 17.5 Å². The predicted molar refractivity (Wildman–Crippen MR) is 245 cm³/mol. The summed E-state index contributed by atoms with van der Waals surface area (Å²) in [5, 5.41) is 9.94. The SMILES string of the molecule is CC1(C)c2ccccc2-c2ccc(-c3nc(-c4ccccc4)nc(-c4ccc5c6ccccc6c6cc(-c7ccc8sc9ccccc9c8c7)ccc6c5c4)n3)cc21. The van der Waals surface area contributed by atoms with Crippen LogP contribution >= 0.6 is 11.3 Å². The van der Waals surface area contributed by atoms with Gasteiger partial charge in [-0.25, -0.2) is 15.0 Å². The molecule has 0 N–H and O–H groups in total. The average Bonchev–Trinajstić information content (AvgIpc) is 3.77. The largest absolute Gasteiger partial charge is 0.208 e. The summed E-state index contributed by atoms with van der Waals surface area (Å²) >= 11 is 1.86. The Morgan fingerprint density at radius 2 is 0.810 bits per heavy atom. The van der Waals surface area contributed by atoms with Gasteiger partial charge < -0.3 is 0 Å². The highest BCUT2D eigenvalue weighted by Gasteiger charge is 2.35. The van der Waals surface area contributed by atoms with E-state index in [-0.39, 0.29) is 5.41 Å². The molecule has 0 amide bonds. The standard InChI is InChI=1S/C54H35N3S/c1-54(2)47-18-10-8-16-41(47)42-26-22-36(31-48(42)54)53-56-51(32-12-4-3-5-13-32)55-52(57-53)35-21-25-39-37-14-6-7-15-38(37)44-28-33(20-24-40(44)45(39)30-35)34-23-27-50-46(29-34)43-17-9-11-19-49(43)58-50/h3-31H,1-2H3. The maximum atomic E-state index is 5.25. The van der Waals surface area contributed by atoms with Gasteiger partial charge in [0.05, 0.1) is 0 Å². The van der Waals surface area contributed by atoms with Crippen molar-refractivity contribution in [2.45, 2.75) is 19.3 Å². The average molecular weight is 758 g/mol.